The number of fused-ring (bicyclic) bond motifs is 6. The summed E-state index contributed by atoms with van der Waals surface area (Å²) in [5.41, 5.74) is 4.33. The Balaban J connectivity index is 1.35. The van der Waals surface area contributed by atoms with Crippen LogP contribution in [0, 0.1) is 5.92 Å². The Morgan fingerprint density at radius 3 is 2.62 bits per heavy atom. The summed E-state index contributed by atoms with van der Waals surface area (Å²) in [6.45, 7) is 3.05. The van der Waals surface area contributed by atoms with Crippen molar-refractivity contribution >= 4 is 28.6 Å². The van der Waals surface area contributed by atoms with E-state index in [1.165, 1.54) is 4.90 Å². The number of benzene rings is 2. The Morgan fingerprint density at radius 1 is 1.10 bits per heavy atom. The lowest BCUT2D eigenvalue weighted by molar-refractivity contribution is -0.132. The summed E-state index contributed by atoms with van der Waals surface area (Å²) < 4.78 is 13.8. The van der Waals surface area contributed by atoms with Crippen molar-refractivity contribution in [2.75, 3.05) is 40.0 Å². The first-order valence-electron chi connectivity index (χ1n) is 13.6. The van der Waals surface area contributed by atoms with Gasteiger partial charge in [0.05, 0.1) is 19.1 Å². The van der Waals surface area contributed by atoms with Crippen LogP contribution in [0.1, 0.15) is 52.4 Å². The molecule has 0 spiro atoms. The van der Waals surface area contributed by atoms with Crippen LogP contribution in [-0.2, 0) is 22.6 Å². The molecule has 39 heavy (non-hydrogen) atoms. The summed E-state index contributed by atoms with van der Waals surface area (Å²) in [5, 5.41) is 10.1. The van der Waals surface area contributed by atoms with Gasteiger partial charge in [-0.05, 0) is 54.5 Å². The lowest BCUT2D eigenvalue weighted by Crippen LogP contribution is -2.56. The summed E-state index contributed by atoms with van der Waals surface area (Å²) in [7, 11) is 1.55. The number of hydrogen-bond donors (Lipinski definition) is 1. The molecule has 2 fully saturated rings. The zero-order valence-electron chi connectivity index (χ0n) is 22.1. The molecule has 3 aliphatic rings. The number of ketones is 1. The highest BCUT2D eigenvalue weighted by Crippen LogP contribution is 2.42. The standard InChI is InChI=1S/C30H33N3O6/c1-31-29(36)24-16-32(30(31)37)17-26-28(24)23-14-22(39-13-10-19-8-11-38-12-9-19)6-7-25(23)33(26)15-20-2-4-21(5-3-20)27(35)18-34/h2-7,14,19,24,34H,8-13,15-18H2,1H3. The number of nitrogens with zero attached hydrogens (tertiary/aromatic N) is 3. The van der Waals surface area contributed by atoms with Gasteiger partial charge < -0.3 is 24.0 Å². The van der Waals surface area contributed by atoms with Gasteiger partial charge in [0, 0.05) is 55.5 Å². The van der Waals surface area contributed by atoms with Crippen LogP contribution in [0.25, 0.3) is 10.9 Å². The molecular weight excluding hydrogens is 498 g/mol. The summed E-state index contributed by atoms with van der Waals surface area (Å²) in [5.74, 6) is 0.457. The molecule has 2 aromatic carbocycles. The number of amides is 3. The van der Waals surface area contributed by atoms with Gasteiger partial charge >= 0.3 is 6.03 Å². The highest BCUT2D eigenvalue weighted by atomic mass is 16.5. The number of ether oxygens (including phenoxy) is 2. The number of aliphatic hydroxyl groups excluding tert-OH is 1. The third-order valence-electron chi connectivity index (χ3n) is 8.36. The van der Waals surface area contributed by atoms with Crippen LogP contribution >= 0.6 is 0 Å². The van der Waals surface area contributed by atoms with E-state index in [1.807, 2.05) is 30.3 Å². The molecule has 0 radical (unpaired) electrons. The third-order valence-corrected chi connectivity index (χ3v) is 8.36. The zero-order chi connectivity index (χ0) is 27.1. The minimum atomic E-state index is -0.526. The monoisotopic (exact) mass is 531 g/mol. The predicted molar refractivity (Wildman–Crippen MR) is 144 cm³/mol. The minimum Gasteiger partial charge on any atom is -0.494 e. The van der Waals surface area contributed by atoms with Crippen LogP contribution in [0.5, 0.6) is 5.75 Å². The molecule has 3 aromatic rings. The molecule has 3 aliphatic heterocycles. The number of likely N-dealkylation sites (N-methyl/N-ethyl adjacent to an activating group) is 1. The molecule has 1 aromatic heterocycles. The molecule has 1 atom stereocenters. The first kappa shape index (κ1) is 25.6. The van der Waals surface area contributed by atoms with Crippen molar-refractivity contribution in [2.45, 2.75) is 38.3 Å². The highest BCUT2D eigenvalue weighted by Gasteiger charge is 2.44. The second-order valence-electron chi connectivity index (χ2n) is 10.7. The van der Waals surface area contributed by atoms with E-state index in [9.17, 15) is 14.4 Å². The number of rotatable bonds is 8. The van der Waals surface area contributed by atoms with E-state index in [0.29, 0.717) is 37.7 Å². The Bertz CT molecular complexity index is 1420. The first-order chi connectivity index (χ1) is 18.9. The predicted octanol–water partition coefficient (Wildman–Crippen LogP) is 3.55. The molecule has 1 N–H and O–H groups in total. The fourth-order valence-corrected chi connectivity index (χ4v) is 6.14. The second kappa shape index (κ2) is 10.5. The van der Waals surface area contributed by atoms with Gasteiger partial charge in [-0.2, -0.15) is 0 Å². The van der Waals surface area contributed by atoms with E-state index in [2.05, 4.69) is 4.57 Å². The minimum absolute atomic E-state index is 0.186. The Labute approximate surface area is 226 Å². The number of imide groups is 1. The number of carbonyl (C=O) groups excluding carboxylic acids is 3. The van der Waals surface area contributed by atoms with Crippen molar-refractivity contribution in [1.29, 1.82) is 0 Å². The number of aliphatic hydroxyl groups is 1. The van der Waals surface area contributed by atoms with E-state index in [4.69, 9.17) is 14.6 Å². The SMILES string of the molecule is CN1C(=O)C2CN(Cc3c2c2cc(OCCC4CCOCC4)ccc2n3Cc2ccc(C(=O)CO)cc2)C1=O. The topological polar surface area (TPSA) is 101 Å². The van der Waals surface area contributed by atoms with Gasteiger partial charge in [0.2, 0.25) is 5.91 Å². The molecule has 9 nitrogen and oxygen atoms in total. The average molecular weight is 532 g/mol. The van der Waals surface area contributed by atoms with Crippen molar-refractivity contribution in [3.63, 3.8) is 0 Å². The summed E-state index contributed by atoms with van der Waals surface area (Å²) in [6.07, 6.45) is 3.12. The lowest BCUT2D eigenvalue weighted by Gasteiger charge is -2.41. The van der Waals surface area contributed by atoms with Crippen LogP contribution in [0.15, 0.2) is 42.5 Å². The maximum Gasteiger partial charge on any atom is 0.326 e. The van der Waals surface area contributed by atoms with Crippen molar-refractivity contribution in [2.24, 2.45) is 5.92 Å². The lowest BCUT2D eigenvalue weighted by atomic mass is 9.89. The molecular formula is C30H33N3O6. The smallest absolute Gasteiger partial charge is 0.326 e. The molecule has 6 rings (SSSR count). The van der Waals surface area contributed by atoms with Crippen LogP contribution in [-0.4, -0.2) is 77.2 Å². The van der Waals surface area contributed by atoms with Crippen LogP contribution < -0.4 is 4.74 Å². The van der Waals surface area contributed by atoms with E-state index in [1.54, 1.807) is 24.1 Å². The van der Waals surface area contributed by atoms with Crippen molar-refractivity contribution in [3.05, 3.63) is 64.8 Å². The van der Waals surface area contributed by atoms with Gasteiger partial charge in [0.15, 0.2) is 5.78 Å². The summed E-state index contributed by atoms with van der Waals surface area (Å²) in [6, 6.07) is 13.0. The fraction of sp³-hybridized carbons (Fsp3) is 0.433. The largest absolute Gasteiger partial charge is 0.494 e. The van der Waals surface area contributed by atoms with Gasteiger partial charge in [0.1, 0.15) is 12.4 Å². The maximum atomic E-state index is 13.3. The Kier molecular flexibility index (Phi) is 6.86. The van der Waals surface area contributed by atoms with E-state index in [-0.39, 0.29) is 17.7 Å². The van der Waals surface area contributed by atoms with Gasteiger partial charge in [-0.15, -0.1) is 0 Å². The van der Waals surface area contributed by atoms with E-state index >= 15 is 0 Å². The number of aromatic nitrogens is 1. The van der Waals surface area contributed by atoms with Crippen LogP contribution in [0.3, 0.4) is 0 Å². The van der Waals surface area contributed by atoms with E-state index in [0.717, 1.165) is 65.9 Å². The Morgan fingerprint density at radius 2 is 1.87 bits per heavy atom. The second-order valence-corrected chi connectivity index (χ2v) is 10.7. The van der Waals surface area contributed by atoms with Gasteiger partial charge in [-0.3, -0.25) is 14.5 Å². The molecule has 0 saturated carbocycles. The van der Waals surface area contributed by atoms with Crippen molar-refractivity contribution < 1.29 is 29.0 Å². The average Bonchev–Trinajstić information content (AvgIpc) is 3.27. The quantitative estimate of drug-likeness (QED) is 0.446. The molecule has 204 valence electrons. The normalized spacial score (nSPS) is 19.5. The first-order valence-corrected chi connectivity index (χ1v) is 13.6. The molecule has 4 heterocycles. The molecule has 3 amide bonds. The fourth-order valence-electron chi connectivity index (χ4n) is 6.14. The molecule has 2 saturated heterocycles. The van der Waals surface area contributed by atoms with Gasteiger partial charge in [-0.25, -0.2) is 4.79 Å². The molecule has 0 aliphatic carbocycles. The summed E-state index contributed by atoms with van der Waals surface area (Å²) in [4.78, 5) is 40.9. The van der Waals surface area contributed by atoms with Gasteiger partial charge in [0.25, 0.3) is 0 Å². The maximum absolute atomic E-state index is 13.3. The van der Waals surface area contributed by atoms with E-state index < -0.39 is 12.5 Å². The van der Waals surface area contributed by atoms with Crippen molar-refractivity contribution in [1.82, 2.24) is 14.4 Å². The van der Waals surface area contributed by atoms with Crippen LogP contribution in [0.2, 0.25) is 0 Å². The molecule has 1 unspecified atom stereocenters. The van der Waals surface area contributed by atoms with Gasteiger partial charge in [-0.1, -0.05) is 24.3 Å². The summed E-state index contributed by atoms with van der Waals surface area (Å²) >= 11 is 0. The Hall–Kier alpha value is -3.69. The number of carbonyl (C=O) groups is 3. The zero-order valence-corrected chi connectivity index (χ0v) is 22.1. The van der Waals surface area contributed by atoms with Crippen LogP contribution in [0.4, 0.5) is 4.79 Å². The molecule has 9 heteroatoms. The third kappa shape index (κ3) is 4.70. The number of Topliss-reactive ketones (excluding diaryl/α,β-unsaturated/α-hetero) is 1. The van der Waals surface area contributed by atoms with Crippen molar-refractivity contribution in [3.8, 4) is 5.75 Å². The highest BCUT2D eigenvalue weighted by molar-refractivity contribution is 6.04. The molecule has 2 bridgehead atoms. The number of urea groups is 1. The number of hydrogen-bond acceptors (Lipinski definition) is 6.